The summed E-state index contributed by atoms with van der Waals surface area (Å²) in [6, 6.07) is 7.08. The Morgan fingerprint density at radius 3 is 2.94 bits per heavy atom. The summed E-state index contributed by atoms with van der Waals surface area (Å²) in [5, 5.41) is 15.8. The van der Waals surface area contributed by atoms with Crippen molar-refractivity contribution in [1.29, 1.82) is 0 Å². The van der Waals surface area contributed by atoms with Crippen LogP contribution in [-0.2, 0) is 11.3 Å². The van der Waals surface area contributed by atoms with Gasteiger partial charge in [0, 0.05) is 18.1 Å². The molecule has 6 heteroatoms. The molecule has 100 valence electrons. The predicted octanol–water partition coefficient (Wildman–Crippen LogP) is 1.10. The number of β-amino-alcohol motifs (C(OH)–C–C–N with tert-alkyl or cyclic N) is 1. The second-order valence-electron chi connectivity index (χ2n) is 4.20. The average molecular weight is 291 g/mol. The van der Waals surface area contributed by atoms with E-state index in [-0.39, 0.29) is 24.4 Å². The number of hydrogen-bond acceptors (Lipinski definition) is 3. The quantitative estimate of drug-likeness (QED) is 0.781. The molecule has 0 aromatic heterocycles. The van der Waals surface area contributed by atoms with E-state index in [0.717, 1.165) is 5.56 Å². The van der Waals surface area contributed by atoms with E-state index in [1.165, 1.54) is 0 Å². The molecule has 1 heterocycles. The Morgan fingerprint density at radius 2 is 2.33 bits per heavy atom. The van der Waals surface area contributed by atoms with Gasteiger partial charge in [0.05, 0.1) is 12.1 Å². The molecule has 1 aromatic rings. The first kappa shape index (κ1) is 15.2. The Bertz CT molecular complexity index is 415. The van der Waals surface area contributed by atoms with Crippen molar-refractivity contribution in [2.75, 3.05) is 6.54 Å². The number of aliphatic hydroxyl groups excluding tert-OH is 1. The van der Waals surface area contributed by atoms with Crippen molar-refractivity contribution in [3.05, 3.63) is 34.9 Å². The standard InChI is InChI=1S/C12H15ClN2O2.ClH/c13-9-3-1-2-8(4-9)6-15-12(17)11-5-10(16)7-14-11;/h1-4,10-11,14,16H,5-7H2,(H,15,17);1H. The number of nitrogens with one attached hydrogen (secondary N) is 2. The number of carbonyl (C=O) groups excluding carboxylic acids is 1. The molecule has 4 nitrogen and oxygen atoms in total. The molecule has 2 unspecified atom stereocenters. The van der Waals surface area contributed by atoms with Crippen LogP contribution in [0.2, 0.25) is 5.02 Å². The SMILES string of the molecule is Cl.O=C(NCc1cccc(Cl)c1)C1CC(O)CN1. The molecule has 0 bridgehead atoms. The molecule has 2 rings (SSSR count). The summed E-state index contributed by atoms with van der Waals surface area (Å²) in [5.74, 6) is -0.0819. The maximum Gasteiger partial charge on any atom is 0.237 e. The number of rotatable bonds is 3. The van der Waals surface area contributed by atoms with Gasteiger partial charge in [-0.15, -0.1) is 12.4 Å². The Balaban J connectivity index is 0.00000162. The van der Waals surface area contributed by atoms with Gasteiger partial charge in [0.15, 0.2) is 0 Å². The molecular weight excluding hydrogens is 275 g/mol. The first-order valence-electron chi connectivity index (χ1n) is 5.59. The van der Waals surface area contributed by atoms with Crippen LogP contribution in [0.15, 0.2) is 24.3 Å². The molecule has 0 aliphatic carbocycles. The third-order valence-electron chi connectivity index (χ3n) is 2.78. The highest BCUT2D eigenvalue weighted by Gasteiger charge is 2.27. The van der Waals surface area contributed by atoms with Crippen molar-refractivity contribution in [3.63, 3.8) is 0 Å². The Kier molecular flexibility index (Phi) is 5.88. The van der Waals surface area contributed by atoms with Gasteiger partial charge in [-0.05, 0) is 24.1 Å². The minimum absolute atomic E-state index is 0. The summed E-state index contributed by atoms with van der Waals surface area (Å²) in [6.07, 6.45) is 0.0541. The van der Waals surface area contributed by atoms with Crippen molar-refractivity contribution < 1.29 is 9.90 Å². The highest BCUT2D eigenvalue weighted by Crippen LogP contribution is 2.11. The molecule has 1 amide bonds. The molecular formula is C12H16Cl2N2O2. The average Bonchev–Trinajstić information content (AvgIpc) is 2.73. The van der Waals surface area contributed by atoms with Gasteiger partial charge in [0.1, 0.15) is 0 Å². The zero-order valence-electron chi connectivity index (χ0n) is 9.73. The highest BCUT2D eigenvalue weighted by atomic mass is 35.5. The minimum Gasteiger partial charge on any atom is -0.392 e. The van der Waals surface area contributed by atoms with Gasteiger partial charge in [-0.1, -0.05) is 23.7 Å². The fourth-order valence-electron chi connectivity index (χ4n) is 1.88. The van der Waals surface area contributed by atoms with Crippen molar-refractivity contribution in [2.45, 2.75) is 25.1 Å². The topological polar surface area (TPSA) is 61.4 Å². The van der Waals surface area contributed by atoms with E-state index in [1.54, 1.807) is 6.07 Å². The summed E-state index contributed by atoms with van der Waals surface area (Å²) < 4.78 is 0. The third-order valence-corrected chi connectivity index (χ3v) is 3.02. The first-order chi connectivity index (χ1) is 8.15. The van der Waals surface area contributed by atoms with E-state index in [0.29, 0.717) is 24.5 Å². The van der Waals surface area contributed by atoms with Gasteiger partial charge in [0.2, 0.25) is 5.91 Å². The van der Waals surface area contributed by atoms with E-state index in [1.807, 2.05) is 18.2 Å². The van der Waals surface area contributed by atoms with Crippen LogP contribution in [0.25, 0.3) is 0 Å². The zero-order chi connectivity index (χ0) is 12.3. The number of amides is 1. The summed E-state index contributed by atoms with van der Waals surface area (Å²) in [4.78, 5) is 11.7. The highest BCUT2D eigenvalue weighted by molar-refractivity contribution is 6.30. The van der Waals surface area contributed by atoms with E-state index >= 15 is 0 Å². The van der Waals surface area contributed by atoms with E-state index in [2.05, 4.69) is 10.6 Å². The maximum atomic E-state index is 11.7. The molecule has 3 N–H and O–H groups in total. The number of carbonyl (C=O) groups is 1. The van der Waals surface area contributed by atoms with Crippen LogP contribution in [0.4, 0.5) is 0 Å². The summed E-state index contributed by atoms with van der Waals surface area (Å²) in [7, 11) is 0. The summed E-state index contributed by atoms with van der Waals surface area (Å²) in [6.45, 7) is 0.933. The lowest BCUT2D eigenvalue weighted by Crippen LogP contribution is -2.39. The maximum absolute atomic E-state index is 11.7. The second-order valence-corrected chi connectivity index (χ2v) is 4.63. The van der Waals surface area contributed by atoms with Crippen molar-refractivity contribution in [2.24, 2.45) is 0 Å². The third kappa shape index (κ3) is 4.14. The minimum atomic E-state index is -0.420. The van der Waals surface area contributed by atoms with Crippen LogP contribution in [0.3, 0.4) is 0 Å². The fourth-order valence-corrected chi connectivity index (χ4v) is 2.09. The zero-order valence-corrected chi connectivity index (χ0v) is 11.3. The lowest BCUT2D eigenvalue weighted by Gasteiger charge is -2.11. The van der Waals surface area contributed by atoms with Crippen LogP contribution < -0.4 is 10.6 Å². The van der Waals surface area contributed by atoms with Gasteiger partial charge >= 0.3 is 0 Å². The van der Waals surface area contributed by atoms with E-state index in [9.17, 15) is 9.90 Å². The summed E-state index contributed by atoms with van der Waals surface area (Å²) >= 11 is 5.85. The molecule has 1 fully saturated rings. The smallest absolute Gasteiger partial charge is 0.237 e. The molecule has 0 spiro atoms. The number of hydrogen-bond donors (Lipinski definition) is 3. The van der Waals surface area contributed by atoms with Crippen LogP contribution in [0, 0.1) is 0 Å². The molecule has 1 saturated heterocycles. The molecule has 1 aliphatic heterocycles. The van der Waals surface area contributed by atoms with E-state index < -0.39 is 6.10 Å². The van der Waals surface area contributed by atoms with Crippen molar-refractivity contribution in [1.82, 2.24) is 10.6 Å². The predicted molar refractivity (Wildman–Crippen MR) is 73.0 cm³/mol. The number of halogens is 2. The van der Waals surface area contributed by atoms with Gasteiger partial charge in [-0.3, -0.25) is 4.79 Å². The number of aliphatic hydroxyl groups is 1. The van der Waals surface area contributed by atoms with Crippen LogP contribution >= 0.6 is 24.0 Å². The fraction of sp³-hybridized carbons (Fsp3) is 0.417. The number of benzene rings is 1. The lowest BCUT2D eigenvalue weighted by atomic mass is 10.2. The van der Waals surface area contributed by atoms with E-state index in [4.69, 9.17) is 11.6 Å². The molecule has 18 heavy (non-hydrogen) atoms. The summed E-state index contributed by atoms with van der Waals surface area (Å²) in [5.41, 5.74) is 0.962. The Hall–Kier alpha value is -0.810. The largest absolute Gasteiger partial charge is 0.392 e. The van der Waals surface area contributed by atoms with Crippen molar-refractivity contribution >= 4 is 29.9 Å². The van der Waals surface area contributed by atoms with Crippen molar-refractivity contribution in [3.8, 4) is 0 Å². The second kappa shape index (κ2) is 6.95. The van der Waals surface area contributed by atoms with Gasteiger partial charge in [-0.2, -0.15) is 0 Å². The first-order valence-corrected chi connectivity index (χ1v) is 5.96. The molecule has 1 aliphatic rings. The molecule has 1 aromatic carbocycles. The van der Waals surface area contributed by atoms with Crippen LogP contribution in [-0.4, -0.2) is 29.7 Å². The Morgan fingerprint density at radius 1 is 1.56 bits per heavy atom. The molecule has 0 saturated carbocycles. The monoisotopic (exact) mass is 290 g/mol. The Labute approximate surface area is 117 Å². The van der Waals surface area contributed by atoms with Gasteiger partial charge in [0.25, 0.3) is 0 Å². The molecule has 0 radical (unpaired) electrons. The molecule has 2 atom stereocenters. The normalized spacial score (nSPS) is 22.3. The van der Waals surface area contributed by atoms with Gasteiger partial charge < -0.3 is 15.7 Å². The lowest BCUT2D eigenvalue weighted by molar-refractivity contribution is -0.123. The van der Waals surface area contributed by atoms with Gasteiger partial charge in [-0.25, -0.2) is 0 Å². The van der Waals surface area contributed by atoms with Crippen LogP contribution in [0.1, 0.15) is 12.0 Å². The van der Waals surface area contributed by atoms with Crippen LogP contribution in [0.5, 0.6) is 0 Å².